The number of nitrogens with one attached hydrogen (secondary N) is 1. The first-order valence-electron chi connectivity index (χ1n) is 8.94. The van der Waals surface area contributed by atoms with E-state index in [-0.39, 0.29) is 17.6 Å². The van der Waals surface area contributed by atoms with Gasteiger partial charge in [-0.25, -0.2) is 4.39 Å². The third-order valence-corrected chi connectivity index (χ3v) is 5.13. The van der Waals surface area contributed by atoms with E-state index in [1.165, 1.54) is 12.1 Å². The molecule has 1 fully saturated rings. The highest BCUT2D eigenvalue weighted by molar-refractivity contribution is 6.36. The lowest BCUT2D eigenvalue weighted by atomic mass is 10.1. The number of anilines is 1. The molecule has 1 aliphatic heterocycles. The Morgan fingerprint density at radius 1 is 1.04 bits per heavy atom. The van der Waals surface area contributed by atoms with E-state index in [0.29, 0.717) is 60.4 Å². The Balaban J connectivity index is 1.45. The highest BCUT2D eigenvalue weighted by Gasteiger charge is 2.23. The molecular weight excluding hydrogens is 404 g/mol. The van der Waals surface area contributed by atoms with Gasteiger partial charge in [0.15, 0.2) is 0 Å². The van der Waals surface area contributed by atoms with Crippen molar-refractivity contribution in [1.29, 1.82) is 0 Å². The number of halogens is 3. The smallest absolute Gasteiger partial charge is 0.255 e. The molecule has 5 nitrogen and oxygen atoms in total. The van der Waals surface area contributed by atoms with E-state index in [1.54, 1.807) is 35.2 Å². The molecule has 0 saturated carbocycles. The second-order valence-corrected chi connectivity index (χ2v) is 7.41. The SMILES string of the molecule is O=C(CCN1CCN(C(=O)c2ccc(Cl)cc2Cl)CC1)Nc1cccc(F)c1. The maximum atomic E-state index is 13.2. The molecule has 3 rings (SSSR count). The number of piperazine rings is 1. The van der Waals surface area contributed by atoms with Gasteiger partial charge in [-0.3, -0.25) is 14.5 Å². The minimum atomic E-state index is -0.389. The summed E-state index contributed by atoms with van der Waals surface area (Å²) < 4.78 is 13.2. The summed E-state index contributed by atoms with van der Waals surface area (Å²) in [7, 11) is 0. The number of carbonyl (C=O) groups excluding carboxylic acids is 2. The van der Waals surface area contributed by atoms with Crippen LogP contribution in [0.2, 0.25) is 10.0 Å². The molecule has 2 aromatic carbocycles. The molecule has 2 amide bonds. The van der Waals surface area contributed by atoms with Crippen LogP contribution in [0, 0.1) is 5.82 Å². The molecule has 0 bridgehead atoms. The van der Waals surface area contributed by atoms with Gasteiger partial charge in [0.1, 0.15) is 5.82 Å². The second kappa shape index (κ2) is 9.37. The lowest BCUT2D eigenvalue weighted by Crippen LogP contribution is -2.49. The first-order chi connectivity index (χ1) is 13.4. The number of nitrogens with zero attached hydrogens (tertiary/aromatic N) is 2. The Labute approximate surface area is 173 Å². The normalized spacial score (nSPS) is 14.8. The first-order valence-corrected chi connectivity index (χ1v) is 9.70. The minimum Gasteiger partial charge on any atom is -0.336 e. The quantitative estimate of drug-likeness (QED) is 0.792. The molecule has 0 atom stereocenters. The lowest BCUT2D eigenvalue weighted by molar-refractivity contribution is -0.116. The fraction of sp³-hybridized carbons (Fsp3) is 0.300. The Bertz CT molecular complexity index is 870. The molecule has 0 radical (unpaired) electrons. The van der Waals surface area contributed by atoms with E-state index < -0.39 is 0 Å². The van der Waals surface area contributed by atoms with Gasteiger partial charge in [-0.2, -0.15) is 0 Å². The molecule has 0 aliphatic carbocycles. The molecule has 1 aliphatic rings. The van der Waals surface area contributed by atoms with E-state index in [4.69, 9.17) is 23.2 Å². The predicted molar refractivity (Wildman–Crippen MR) is 108 cm³/mol. The number of carbonyl (C=O) groups is 2. The molecule has 2 aromatic rings. The van der Waals surface area contributed by atoms with Crippen LogP contribution in [0.25, 0.3) is 0 Å². The number of benzene rings is 2. The van der Waals surface area contributed by atoms with E-state index in [2.05, 4.69) is 10.2 Å². The molecular formula is C20H20Cl2FN3O2. The van der Waals surface area contributed by atoms with Gasteiger partial charge in [-0.15, -0.1) is 0 Å². The number of amides is 2. The largest absolute Gasteiger partial charge is 0.336 e. The van der Waals surface area contributed by atoms with Crippen molar-refractivity contribution >= 4 is 40.7 Å². The van der Waals surface area contributed by atoms with Crippen LogP contribution in [0.1, 0.15) is 16.8 Å². The highest BCUT2D eigenvalue weighted by Crippen LogP contribution is 2.23. The van der Waals surface area contributed by atoms with Crippen LogP contribution in [0.15, 0.2) is 42.5 Å². The van der Waals surface area contributed by atoms with Crippen LogP contribution < -0.4 is 5.32 Å². The van der Waals surface area contributed by atoms with Crippen LogP contribution in [-0.2, 0) is 4.79 Å². The van der Waals surface area contributed by atoms with Crippen LogP contribution in [-0.4, -0.2) is 54.3 Å². The zero-order chi connectivity index (χ0) is 20.1. The minimum absolute atomic E-state index is 0.120. The summed E-state index contributed by atoms with van der Waals surface area (Å²) in [4.78, 5) is 28.5. The average Bonchev–Trinajstić information content (AvgIpc) is 2.66. The molecule has 1 saturated heterocycles. The Morgan fingerprint density at radius 3 is 2.46 bits per heavy atom. The Hall–Kier alpha value is -2.15. The third-order valence-electron chi connectivity index (χ3n) is 4.58. The topological polar surface area (TPSA) is 52.7 Å². The molecule has 1 heterocycles. The fourth-order valence-electron chi connectivity index (χ4n) is 3.06. The predicted octanol–water partition coefficient (Wildman–Crippen LogP) is 3.92. The van der Waals surface area contributed by atoms with Crippen LogP contribution >= 0.6 is 23.2 Å². The number of rotatable bonds is 5. The summed E-state index contributed by atoms with van der Waals surface area (Å²) >= 11 is 12.0. The molecule has 0 unspecified atom stereocenters. The summed E-state index contributed by atoms with van der Waals surface area (Å²) in [5, 5.41) is 3.52. The fourth-order valence-corrected chi connectivity index (χ4v) is 3.55. The van der Waals surface area contributed by atoms with E-state index >= 15 is 0 Å². The van der Waals surface area contributed by atoms with Gasteiger partial charge in [0.25, 0.3) is 5.91 Å². The second-order valence-electron chi connectivity index (χ2n) is 6.57. The number of hydrogen-bond donors (Lipinski definition) is 1. The van der Waals surface area contributed by atoms with Crippen molar-refractivity contribution in [2.45, 2.75) is 6.42 Å². The monoisotopic (exact) mass is 423 g/mol. The van der Waals surface area contributed by atoms with Crippen molar-refractivity contribution in [3.8, 4) is 0 Å². The Kier molecular flexibility index (Phi) is 6.88. The zero-order valence-electron chi connectivity index (χ0n) is 15.1. The summed E-state index contributed by atoms with van der Waals surface area (Å²) in [5.41, 5.74) is 0.884. The van der Waals surface area contributed by atoms with Gasteiger partial charge in [0.05, 0.1) is 10.6 Å². The van der Waals surface area contributed by atoms with Crippen molar-refractivity contribution in [1.82, 2.24) is 9.80 Å². The van der Waals surface area contributed by atoms with Gasteiger partial charge < -0.3 is 10.2 Å². The highest BCUT2D eigenvalue weighted by atomic mass is 35.5. The van der Waals surface area contributed by atoms with Gasteiger partial charge in [-0.05, 0) is 36.4 Å². The Morgan fingerprint density at radius 2 is 1.79 bits per heavy atom. The summed E-state index contributed by atoms with van der Waals surface area (Å²) in [6.07, 6.45) is 0.299. The van der Waals surface area contributed by atoms with Crippen molar-refractivity contribution in [3.05, 3.63) is 63.9 Å². The van der Waals surface area contributed by atoms with E-state index in [0.717, 1.165) is 0 Å². The average molecular weight is 424 g/mol. The van der Waals surface area contributed by atoms with Gasteiger partial charge in [0, 0.05) is 49.9 Å². The lowest BCUT2D eigenvalue weighted by Gasteiger charge is -2.34. The van der Waals surface area contributed by atoms with Crippen LogP contribution in [0.5, 0.6) is 0 Å². The van der Waals surface area contributed by atoms with Gasteiger partial charge in [0.2, 0.25) is 5.91 Å². The first kappa shape index (κ1) is 20.6. The molecule has 0 aromatic heterocycles. The van der Waals surface area contributed by atoms with Crippen molar-refractivity contribution in [2.75, 3.05) is 38.0 Å². The maximum Gasteiger partial charge on any atom is 0.255 e. The molecule has 0 spiro atoms. The van der Waals surface area contributed by atoms with E-state index in [9.17, 15) is 14.0 Å². The summed E-state index contributed by atoms with van der Waals surface area (Å²) in [6, 6.07) is 10.6. The van der Waals surface area contributed by atoms with E-state index in [1.807, 2.05) is 0 Å². The molecule has 8 heteroatoms. The third kappa shape index (κ3) is 5.44. The summed E-state index contributed by atoms with van der Waals surface area (Å²) in [5.74, 6) is -0.679. The molecule has 1 N–H and O–H groups in total. The van der Waals surface area contributed by atoms with Crippen molar-refractivity contribution in [3.63, 3.8) is 0 Å². The maximum absolute atomic E-state index is 13.2. The zero-order valence-corrected chi connectivity index (χ0v) is 16.6. The van der Waals surface area contributed by atoms with Crippen molar-refractivity contribution < 1.29 is 14.0 Å². The standard InChI is InChI=1S/C20H20Cl2FN3O2/c21-14-4-5-17(18(22)12-14)20(28)26-10-8-25(9-11-26)7-6-19(27)24-16-3-1-2-15(23)13-16/h1-5,12-13H,6-11H2,(H,24,27). The number of hydrogen-bond acceptors (Lipinski definition) is 3. The van der Waals surface area contributed by atoms with Crippen LogP contribution in [0.3, 0.4) is 0 Å². The molecule has 148 valence electrons. The van der Waals surface area contributed by atoms with Crippen LogP contribution in [0.4, 0.5) is 10.1 Å². The van der Waals surface area contributed by atoms with Gasteiger partial charge >= 0.3 is 0 Å². The van der Waals surface area contributed by atoms with Gasteiger partial charge in [-0.1, -0.05) is 29.3 Å². The van der Waals surface area contributed by atoms with Crippen molar-refractivity contribution in [2.24, 2.45) is 0 Å². The summed E-state index contributed by atoms with van der Waals surface area (Å²) in [6.45, 7) is 3.03. The molecule has 28 heavy (non-hydrogen) atoms.